The van der Waals surface area contributed by atoms with Crippen molar-refractivity contribution in [1.82, 2.24) is 14.7 Å². The third-order valence-corrected chi connectivity index (χ3v) is 5.03. The van der Waals surface area contributed by atoms with Gasteiger partial charge in [-0.2, -0.15) is 0 Å². The van der Waals surface area contributed by atoms with Crippen LogP contribution in [0, 0.1) is 6.92 Å². The average molecular weight is 391 g/mol. The zero-order valence-corrected chi connectivity index (χ0v) is 17.7. The van der Waals surface area contributed by atoms with E-state index in [-0.39, 0.29) is 11.9 Å². The summed E-state index contributed by atoms with van der Waals surface area (Å²) in [6.45, 7) is 13.2. The van der Waals surface area contributed by atoms with Gasteiger partial charge >= 0.3 is 6.03 Å². The van der Waals surface area contributed by atoms with Gasteiger partial charge in [-0.05, 0) is 51.8 Å². The van der Waals surface area contributed by atoms with Gasteiger partial charge in [0.2, 0.25) is 5.91 Å². The molecule has 1 heterocycles. The van der Waals surface area contributed by atoms with Gasteiger partial charge in [-0.3, -0.25) is 9.69 Å². The molecule has 28 heavy (non-hydrogen) atoms. The number of hydrogen-bond acceptors (Lipinski definition) is 4. The highest BCUT2D eigenvalue weighted by Crippen LogP contribution is 2.26. The summed E-state index contributed by atoms with van der Waals surface area (Å²) in [4.78, 5) is 30.9. The Bertz CT molecular complexity index is 661. The first kappa shape index (κ1) is 22.0. The van der Waals surface area contributed by atoms with Crippen LogP contribution < -0.4 is 10.1 Å². The molecule has 0 aliphatic carbocycles. The number of nitrogens with one attached hydrogen (secondary N) is 1. The lowest BCUT2D eigenvalue weighted by molar-refractivity contribution is -0.132. The van der Waals surface area contributed by atoms with Crippen molar-refractivity contribution in [2.75, 3.05) is 57.7 Å². The molecule has 1 aliphatic heterocycles. The molecule has 1 N–H and O–H groups in total. The molecule has 0 bridgehead atoms. The lowest BCUT2D eigenvalue weighted by atomic mass is 10.2. The first-order valence-electron chi connectivity index (χ1n) is 10.3. The zero-order valence-electron chi connectivity index (χ0n) is 17.7. The number of carbonyl (C=O) groups is 2. The quantitative estimate of drug-likeness (QED) is 0.778. The monoisotopic (exact) mass is 390 g/mol. The second-order valence-corrected chi connectivity index (χ2v) is 7.05. The van der Waals surface area contributed by atoms with E-state index < -0.39 is 0 Å². The fourth-order valence-corrected chi connectivity index (χ4v) is 3.40. The molecule has 1 fully saturated rings. The Labute approximate surface area is 168 Å². The number of aryl methyl sites for hydroxylation is 1. The van der Waals surface area contributed by atoms with Crippen LogP contribution in [0.5, 0.6) is 5.75 Å². The van der Waals surface area contributed by atoms with Gasteiger partial charge in [0.05, 0.1) is 18.8 Å². The van der Waals surface area contributed by atoms with Crippen molar-refractivity contribution >= 4 is 17.6 Å². The predicted molar refractivity (Wildman–Crippen MR) is 112 cm³/mol. The van der Waals surface area contributed by atoms with Crippen LogP contribution in [0.1, 0.15) is 32.8 Å². The molecule has 0 aromatic heterocycles. The van der Waals surface area contributed by atoms with E-state index in [1.807, 2.05) is 55.7 Å². The number of nitrogens with zero attached hydrogens (tertiary/aromatic N) is 3. The van der Waals surface area contributed by atoms with E-state index in [0.29, 0.717) is 44.2 Å². The average Bonchev–Trinajstić information content (AvgIpc) is 2.91. The lowest BCUT2D eigenvalue weighted by Crippen LogP contribution is -2.42. The minimum Gasteiger partial charge on any atom is -0.492 e. The van der Waals surface area contributed by atoms with Crippen molar-refractivity contribution in [2.45, 2.75) is 34.1 Å². The maximum Gasteiger partial charge on any atom is 0.321 e. The molecule has 1 aliphatic rings. The van der Waals surface area contributed by atoms with Gasteiger partial charge in [0, 0.05) is 39.3 Å². The van der Waals surface area contributed by atoms with E-state index >= 15 is 0 Å². The van der Waals surface area contributed by atoms with Crippen LogP contribution in [-0.4, -0.2) is 79.1 Å². The van der Waals surface area contributed by atoms with Gasteiger partial charge in [-0.25, -0.2) is 4.79 Å². The Morgan fingerprint density at radius 3 is 2.54 bits per heavy atom. The molecule has 0 spiro atoms. The third-order valence-electron chi connectivity index (χ3n) is 5.03. The van der Waals surface area contributed by atoms with Crippen LogP contribution in [0.15, 0.2) is 18.2 Å². The number of benzene rings is 1. The molecule has 0 radical (unpaired) electrons. The van der Waals surface area contributed by atoms with Crippen LogP contribution in [0.4, 0.5) is 10.5 Å². The molecule has 7 nitrogen and oxygen atoms in total. The number of rotatable bonds is 7. The number of urea groups is 1. The molecule has 7 heteroatoms. The highest BCUT2D eigenvalue weighted by Gasteiger charge is 2.22. The van der Waals surface area contributed by atoms with Gasteiger partial charge in [-0.15, -0.1) is 0 Å². The zero-order chi connectivity index (χ0) is 20.5. The van der Waals surface area contributed by atoms with E-state index in [9.17, 15) is 9.59 Å². The number of amides is 3. The number of hydrogen-bond donors (Lipinski definition) is 1. The van der Waals surface area contributed by atoms with Crippen molar-refractivity contribution in [3.63, 3.8) is 0 Å². The summed E-state index contributed by atoms with van der Waals surface area (Å²) in [7, 11) is 0. The molecule has 0 atom stereocenters. The summed E-state index contributed by atoms with van der Waals surface area (Å²) in [5.41, 5.74) is 1.78. The van der Waals surface area contributed by atoms with Crippen molar-refractivity contribution in [2.24, 2.45) is 0 Å². The fraction of sp³-hybridized carbons (Fsp3) is 0.619. The number of ether oxygens (including phenoxy) is 1. The first-order chi connectivity index (χ1) is 13.5. The van der Waals surface area contributed by atoms with E-state index in [4.69, 9.17) is 4.74 Å². The van der Waals surface area contributed by atoms with E-state index in [0.717, 1.165) is 31.6 Å². The summed E-state index contributed by atoms with van der Waals surface area (Å²) in [6.07, 6.45) is 0.852. The summed E-state index contributed by atoms with van der Waals surface area (Å²) < 4.78 is 5.65. The molecule has 156 valence electrons. The van der Waals surface area contributed by atoms with E-state index in [1.54, 1.807) is 0 Å². The summed E-state index contributed by atoms with van der Waals surface area (Å²) in [6, 6.07) is 5.65. The third kappa shape index (κ3) is 6.12. The maximum absolute atomic E-state index is 12.8. The lowest BCUT2D eigenvalue weighted by Gasteiger charge is -2.25. The summed E-state index contributed by atoms with van der Waals surface area (Å²) >= 11 is 0. The predicted octanol–water partition coefficient (Wildman–Crippen LogP) is 2.80. The first-order valence-corrected chi connectivity index (χ1v) is 10.3. The summed E-state index contributed by atoms with van der Waals surface area (Å²) in [5, 5.41) is 2.98. The molecule has 0 saturated carbocycles. The summed E-state index contributed by atoms with van der Waals surface area (Å²) in [5.74, 6) is 0.848. The molecule has 1 aromatic rings. The molecular formula is C21H34N4O3. The largest absolute Gasteiger partial charge is 0.492 e. The Hall–Kier alpha value is -2.28. The van der Waals surface area contributed by atoms with Crippen molar-refractivity contribution in [1.29, 1.82) is 0 Å². The van der Waals surface area contributed by atoms with Crippen molar-refractivity contribution in [3.05, 3.63) is 23.8 Å². The normalized spacial score (nSPS) is 15.1. The molecule has 3 amide bonds. The van der Waals surface area contributed by atoms with Crippen LogP contribution in [0.25, 0.3) is 0 Å². The van der Waals surface area contributed by atoms with Crippen LogP contribution in [0.3, 0.4) is 0 Å². The SMILES string of the molecule is CCOc1cc(C)ccc1NC(=O)N1CCCN(CC(=O)N(CC)CC)CC1. The highest BCUT2D eigenvalue weighted by atomic mass is 16.5. The Morgan fingerprint density at radius 1 is 1.11 bits per heavy atom. The highest BCUT2D eigenvalue weighted by molar-refractivity contribution is 5.91. The van der Waals surface area contributed by atoms with Crippen molar-refractivity contribution < 1.29 is 14.3 Å². The van der Waals surface area contributed by atoms with Crippen LogP contribution in [0.2, 0.25) is 0 Å². The molecule has 2 rings (SSSR count). The number of carbonyl (C=O) groups excluding carboxylic acids is 2. The standard InChI is InChI=1S/C21H34N4O3/c1-5-24(6-2)20(26)16-23-11-8-12-25(14-13-23)21(27)22-18-10-9-17(4)15-19(18)28-7-3/h9-10,15H,5-8,11-14,16H2,1-4H3,(H,22,27). The molecule has 0 unspecified atom stereocenters. The topological polar surface area (TPSA) is 65.1 Å². The fourth-order valence-electron chi connectivity index (χ4n) is 3.40. The maximum atomic E-state index is 12.8. The minimum atomic E-state index is -0.123. The Morgan fingerprint density at radius 2 is 1.86 bits per heavy atom. The van der Waals surface area contributed by atoms with Crippen molar-refractivity contribution in [3.8, 4) is 5.75 Å². The van der Waals surface area contributed by atoms with E-state index in [2.05, 4.69) is 10.2 Å². The van der Waals surface area contributed by atoms with Crippen LogP contribution >= 0.6 is 0 Å². The number of likely N-dealkylation sites (N-methyl/N-ethyl adjacent to an activating group) is 1. The molecule has 1 saturated heterocycles. The van der Waals surface area contributed by atoms with Gasteiger partial charge in [0.15, 0.2) is 0 Å². The van der Waals surface area contributed by atoms with Gasteiger partial charge in [-0.1, -0.05) is 6.07 Å². The van der Waals surface area contributed by atoms with Crippen LogP contribution in [-0.2, 0) is 4.79 Å². The number of anilines is 1. The minimum absolute atomic E-state index is 0.123. The van der Waals surface area contributed by atoms with E-state index in [1.165, 1.54) is 0 Å². The Balaban J connectivity index is 1.93. The van der Waals surface area contributed by atoms with Gasteiger partial charge in [0.1, 0.15) is 5.75 Å². The second-order valence-electron chi connectivity index (χ2n) is 7.05. The molecular weight excluding hydrogens is 356 g/mol. The molecule has 1 aromatic carbocycles. The second kappa shape index (κ2) is 10.9. The van der Waals surface area contributed by atoms with Gasteiger partial charge in [0.25, 0.3) is 0 Å². The van der Waals surface area contributed by atoms with Gasteiger partial charge < -0.3 is 19.9 Å². The Kier molecular flexibility index (Phi) is 8.57. The smallest absolute Gasteiger partial charge is 0.321 e.